The van der Waals surface area contributed by atoms with E-state index in [9.17, 15) is 27.9 Å². The third kappa shape index (κ3) is 3.52. The van der Waals surface area contributed by atoms with E-state index in [1.54, 1.807) is 6.07 Å². The Labute approximate surface area is 164 Å². The monoisotopic (exact) mass is 409 g/mol. The third-order valence-corrected chi connectivity index (χ3v) is 4.62. The van der Waals surface area contributed by atoms with Gasteiger partial charge in [0.15, 0.2) is 6.04 Å². The van der Waals surface area contributed by atoms with Crippen LogP contribution in [0.1, 0.15) is 10.4 Å². The van der Waals surface area contributed by atoms with Gasteiger partial charge in [-0.2, -0.15) is 18.6 Å². The number of carbonyl (C=O) groups excluding carboxylic acids is 2. The van der Waals surface area contributed by atoms with E-state index < -0.39 is 29.8 Å². The molecule has 10 heteroatoms. The Morgan fingerprint density at radius 1 is 1.17 bits per heavy atom. The fourth-order valence-corrected chi connectivity index (χ4v) is 3.08. The molecule has 1 heterocycles. The molecule has 0 radical (unpaired) electrons. The first kappa shape index (κ1) is 20.6. The van der Waals surface area contributed by atoms with Crippen LogP contribution in [-0.2, 0) is 4.79 Å². The molecule has 2 atom stereocenters. The number of halogens is 3. The Morgan fingerprint density at radius 3 is 2.28 bits per heavy atom. The number of anilines is 1. The molecule has 2 aromatic rings. The topological polar surface area (TPSA) is 82.1 Å². The average Bonchev–Trinajstić information content (AvgIpc) is 2.99. The van der Waals surface area contributed by atoms with Gasteiger partial charge in [-0.25, -0.2) is 5.01 Å². The molecular formula is C19H18F3N3O4. The molecule has 1 aliphatic heterocycles. The van der Waals surface area contributed by atoms with Crippen molar-refractivity contribution in [2.45, 2.75) is 17.9 Å². The van der Waals surface area contributed by atoms with E-state index in [0.717, 1.165) is 7.05 Å². The van der Waals surface area contributed by atoms with E-state index in [0.29, 0.717) is 15.7 Å². The van der Waals surface area contributed by atoms with Crippen molar-refractivity contribution in [1.82, 2.24) is 10.3 Å². The minimum Gasteiger partial charge on any atom is -0.497 e. The first-order valence-corrected chi connectivity index (χ1v) is 8.47. The predicted molar refractivity (Wildman–Crippen MR) is 96.9 cm³/mol. The number of nitrogens with zero attached hydrogens (tertiary/aromatic N) is 2. The summed E-state index contributed by atoms with van der Waals surface area (Å²) in [7, 11) is 2.45. The van der Waals surface area contributed by atoms with Gasteiger partial charge in [0.2, 0.25) is 0 Å². The van der Waals surface area contributed by atoms with Crippen LogP contribution in [0.2, 0.25) is 0 Å². The van der Waals surface area contributed by atoms with Crippen molar-refractivity contribution in [3.05, 3.63) is 60.2 Å². The van der Waals surface area contributed by atoms with Gasteiger partial charge in [0.25, 0.3) is 17.5 Å². The largest absolute Gasteiger partial charge is 0.497 e. The van der Waals surface area contributed by atoms with E-state index >= 15 is 0 Å². The highest BCUT2D eigenvalue weighted by Crippen LogP contribution is 2.39. The zero-order chi connectivity index (χ0) is 21.4. The van der Waals surface area contributed by atoms with Crippen LogP contribution in [0.4, 0.5) is 18.9 Å². The fourth-order valence-electron chi connectivity index (χ4n) is 3.08. The maximum atomic E-state index is 13.7. The molecule has 1 aliphatic rings. The third-order valence-electron chi connectivity index (χ3n) is 4.62. The minimum atomic E-state index is -5.24. The van der Waals surface area contributed by atoms with E-state index in [1.165, 1.54) is 55.6 Å². The Kier molecular flexibility index (Phi) is 5.24. The maximum Gasteiger partial charge on any atom is 0.435 e. The molecule has 2 N–H and O–H groups in total. The number of ether oxygens (including phenoxy) is 1. The summed E-state index contributed by atoms with van der Waals surface area (Å²) in [6.07, 6.45) is -5.24. The lowest BCUT2D eigenvalue weighted by Crippen LogP contribution is -2.65. The SMILES string of the molecule is COc1ccc(C(=O)N(C)C2C(=O)N(c3ccccc3)NC2(O)C(F)(F)F)cc1. The Hall–Kier alpha value is -3.11. The number of rotatable bonds is 4. The summed E-state index contributed by atoms with van der Waals surface area (Å²) < 4.78 is 46.2. The second kappa shape index (κ2) is 7.37. The van der Waals surface area contributed by atoms with Crippen LogP contribution in [0.25, 0.3) is 0 Å². The second-order valence-electron chi connectivity index (χ2n) is 6.43. The van der Waals surface area contributed by atoms with Gasteiger partial charge in [-0.3, -0.25) is 9.59 Å². The van der Waals surface area contributed by atoms with Crippen LogP contribution < -0.4 is 15.2 Å². The second-order valence-corrected chi connectivity index (χ2v) is 6.43. The van der Waals surface area contributed by atoms with E-state index in [4.69, 9.17) is 4.74 Å². The number of nitrogens with one attached hydrogen (secondary N) is 1. The Bertz CT molecular complexity index is 905. The molecular weight excluding hydrogens is 391 g/mol. The molecule has 1 saturated heterocycles. The molecule has 0 spiro atoms. The van der Waals surface area contributed by atoms with Crippen LogP contribution in [-0.4, -0.2) is 53.9 Å². The standard InChI is InChI=1S/C19H18F3N3O4/c1-24(16(26)12-8-10-14(29-2)11-9-12)15-17(27)25(13-6-4-3-5-7-13)23-18(15,28)19(20,21)22/h3-11,15,23,28H,1-2H3. The number of carbonyl (C=O) groups is 2. The lowest BCUT2D eigenvalue weighted by atomic mass is 10.0. The summed E-state index contributed by atoms with van der Waals surface area (Å²) in [5, 5.41) is 11.0. The molecule has 3 rings (SSSR count). The molecule has 154 valence electrons. The Balaban J connectivity index is 1.98. The first-order chi connectivity index (χ1) is 13.6. The number of methoxy groups -OCH3 is 1. The van der Waals surface area contributed by atoms with Crippen LogP contribution in [0.5, 0.6) is 5.75 Å². The molecule has 0 saturated carbocycles. The van der Waals surface area contributed by atoms with Crippen LogP contribution in [0.3, 0.4) is 0 Å². The average molecular weight is 409 g/mol. The van der Waals surface area contributed by atoms with Crippen molar-refractivity contribution >= 4 is 17.5 Å². The highest BCUT2D eigenvalue weighted by atomic mass is 19.4. The number of alkyl halides is 3. The van der Waals surface area contributed by atoms with E-state index in [-0.39, 0.29) is 11.3 Å². The van der Waals surface area contributed by atoms with Gasteiger partial charge in [-0.1, -0.05) is 18.2 Å². The highest BCUT2D eigenvalue weighted by molar-refractivity contribution is 6.04. The number of para-hydroxylation sites is 1. The molecule has 2 amide bonds. The number of amides is 2. The predicted octanol–water partition coefficient (Wildman–Crippen LogP) is 1.94. The summed E-state index contributed by atoms with van der Waals surface area (Å²) in [6, 6.07) is 10.9. The summed E-state index contributed by atoms with van der Waals surface area (Å²) in [5.41, 5.74) is -1.72. The van der Waals surface area contributed by atoms with Crippen LogP contribution in [0, 0.1) is 0 Å². The zero-order valence-corrected chi connectivity index (χ0v) is 15.5. The molecule has 2 aromatic carbocycles. The quantitative estimate of drug-likeness (QED) is 0.807. The molecule has 29 heavy (non-hydrogen) atoms. The van der Waals surface area contributed by atoms with Crippen molar-refractivity contribution in [1.29, 1.82) is 0 Å². The van der Waals surface area contributed by atoms with E-state index in [2.05, 4.69) is 0 Å². The first-order valence-electron chi connectivity index (χ1n) is 8.47. The van der Waals surface area contributed by atoms with Gasteiger partial charge in [0.05, 0.1) is 12.8 Å². The van der Waals surface area contributed by atoms with Crippen molar-refractivity contribution in [3.8, 4) is 5.75 Å². The van der Waals surface area contributed by atoms with Gasteiger partial charge in [0.1, 0.15) is 5.75 Å². The highest BCUT2D eigenvalue weighted by Gasteiger charge is 2.69. The number of likely N-dealkylation sites (N-methyl/N-ethyl adjacent to an activating group) is 1. The number of hydrazine groups is 1. The molecule has 0 bridgehead atoms. The van der Waals surface area contributed by atoms with E-state index in [1.807, 2.05) is 5.43 Å². The maximum absolute atomic E-state index is 13.7. The molecule has 0 aliphatic carbocycles. The van der Waals surface area contributed by atoms with Gasteiger partial charge in [0, 0.05) is 12.6 Å². The number of hydrogen-bond donors (Lipinski definition) is 2. The minimum absolute atomic E-state index is 0.0313. The normalized spacial score (nSPS) is 21.9. The lowest BCUT2D eigenvalue weighted by molar-refractivity contribution is -0.278. The van der Waals surface area contributed by atoms with Crippen molar-refractivity contribution < 1.29 is 32.6 Å². The van der Waals surface area contributed by atoms with Crippen LogP contribution >= 0.6 is 0 Å². The zero-order valence-electron chi connectivity index (χ0n) is 15.5. The number of hydrogen-bond acceptors (Lipinski definition) is 5. The molecule has 0 aromatic heterocycles. The smallest absolute Gasteiger partial charge is 0.435 e. The lowest BCUT2D eigenvalue weighted by Gasteiger charge is -2.34. The van der Waals surface area contributed by atoms with Gasteiger partial charge >= 0.3 is 6.18 Å². The van der Waals surface area contributed by atoms with Crippen LogP contribution in [0.15, 0.2) is 54.6 Å². The Morgan fingerprint density at radius 2 is 1.76 bits per heavy atom. The fraction of sp³-hybridized carbons (Fsp3) is 0.263. The molecule has 7 nitrogen and oxygen atoms in total. The molecule has 1 fully saturated rings. The number of benzene rings is 2. The van der Waals surface area contributed by atoms with Gasteiger partial charge in [-0.05, 0) is 36.4 Å². The van der Waals surface area contributed by atoms with Crippen molar-refractivity contribution in [2.75, 3.05) is 19.2 Å². The summed E-state index contributed by atoms with van der Waals surface area (Å²) >= 11 is 0. The summed E-state index contributed by atoms with van der Waals surface area (Å²) in [6.45, 7) is 0. The summed E-state index contributed by atoms with van der Waals surface area (Å²) in [5.74, 6) is -1.55. The van der Waals surface area contributed by atoms with Crippen molar-refractivity contribution in [2.24, 2.45) is 0 Å². The van der Waals surface area contributed by atoms with Gasteiger partial charge < -0.3 is 14.7 Å². The van der Waals surface area contributed by atoms with Crippen molar-refractivity contribution in [3.63, 3.8) is 0 Å². The number of aliphatic hydroxyl groups is 1. The summed E-state index contributed by atoms with van der Waals surface area (Å²) in [4.78, 5) is 26.2. The molecule has 2 unspecified atom stereocenters. The van der Waals surface area contributed by atoms with Gasteiger partial charge in [-0.15, -0.1) is 0 Å².